The van der Waals surface area contributed by atoms with Gasteiger partial charge in [0, 0.05) is 70.2 Å². The zero-order chi connectivity index (χ0) is 31.3. The van der Waals surface area contributed by atoms with Crippen molar-refractivity contribution in [3.8, 4) is 0 Å². The lowest BCUT2D eigenvalue weighted by molar-refractivity contribution is -0.385. The molecule has 4 aromatic rings. The monoisotopic (exact) mass is 616 g/mol. The average molecular weight is 617 g/mol. The summed E-state index contributed by atoms with van der Waals surface area (Å²) in [5.74, 6) is -7.00. The number of nitro benzene ring substituents is 2. The van der Waals surface area contributed by atoms with Gasteiger partial charge in [0.15, 0.2) is 0 Å². The van der Waals surface area contributed by atoms with Crippen molar-refractivity contribution in [2.45, 2.75) is 10.5 Å². The maximum Gasteiger partial charge on any atom is 0.269 e. The smallest absolute Gasteiger partial charge is 0.258 e. The summed E-state index contributed by atoms with van der Waals surface area (Å²) in [6.07, 6.45) is 4.80. The Balaban J connectivity index is 1.80. The summed E-state index contributed by atoms with van der Waals surface area (Å²) in [5, 5.41) is 20.6. The highest BCUT2D eigenvalue weighted by molar-refractivity contribution is 8.00. The molecule has 13 heteroatoms. The summed E-state index contributed by atoms with van der Waals surface area (Å²) in [6.45, 7) is 0. The number of hydrogen-bond acceptors (Lipinski definition) is 5. The van der Waals surface area contributed by atoms with E-state index < -0.39 is 66.4 Å². The van der Waals surface area contributed by atoms with E-state index in [0.717, 1.165) is 23.9 Å². The zero-order valence-electron chi connectivity index (χ0n) is 21.6. The van der Waals surface area contributed by atoms with E-state index >= 15 is 0 Å². The van der Waals surface area contributed by atoms with Crippen LogP contribution in [0.15, 0.2) is 84.9 Å². The molecule has 0 bridgehead atoms. The topological polar surface area (TPSA) is 86.3 Å². The molecule has 4 rings (SSSR count). The van der Waals surface area contributed by atoms with Crippen LogP contribution in [0.1, 0.15) is 32.8 Å². The number of benzene rings is 4. The Hall–Kier alpha value is -4.91. The first-order valence-electron chi connectivity index (χ1n) is 12.2. The Morgan fingerprint density at radius 1 is 0.558 bits per heavy atom. The first kappa shape index (κ1) is 31.0. The molecule has 0 spiro atoms. The van der Waals surface area contributed by atoms with Gasteiger partial charge in [0.1, 0.15) is 34.9 Å². The highest BCUT2D eigenvalue weighted by atomic mass is 32.2. The molecule has 4 aromatic carbocycles. The first-order chi connectivity index (χ1) is 20.4. The third-order valence-electron chi connectivity index (χ3n) is 6.12. The van der Waals surface area contributed by atoms with Crippen molar-refractivity contribution in [3.05, 3.63) is 162 Å². The summed E-state index contributed by atoms with van der Waals surface area (Å²) in [4.78, 5) is 21.1. The molecule has 0 N–H and O–H groups in total. The number of non-ortho nitro benzene ring substituents is 2. The Kier molecular flexibility index (Phi) is 9.66. The van der Waals surface area contributed by atoms with Crippen LogP contribution in [0.2, 0.25) is 0 Å². The van der Waals surface area contributed by atoms with E-state index in [-0.39, 0.29) is 11.4 Å². The van der Waals surface area contributed by atoms with E-state index in [2.05, 4.69) is 0 Å². The van der Waals surface area contributed by atoms with Crippen molar-refractivity contribution < 1.29 is 36.2 Å². The van der Waals surface area contributed by atoms with Crippen molar-refractivity contribution in [1.82, 2.24) is 0 Å². The lowest BCUT2D eigenvalue weighted by Crippen LogP contribution is -1.99. The molecule has 43 heavy (non-hydrogen) atoms. The van der Waals surface area contributed by atoms with E-state index in [1.165, 1.54) is 60.7 Å². The minimum absolute atomic E-state index is 0.235. The second-order valence-corrected chi connectivity index (χ2v) is 10.2. The Labute approximate surface area is 244 Å². The van der Waals surface area contributed by atoms with Gasteiger partial charge < -0.3 is 0 Å². The molecule has 0 heterocycles. The van der Waals surface area contributed by atoms with Crippen molar-refractivity contribution >= 4 is 35.3 Å². The normalized spacial score (nSPS) is 13.0. The van der Waals surface area contributed by atoms with Crippen LogP contribution >= 0.6 is 11.8 Å². The molecule has 0 aromatic heterocycles. The van der Waals surface area contributed by atoms with E-state index in [4.69, 9.17) is 0 Å². The van der Waals surface area contributed by atoms with Crippen LogP contribution in [0, 0.1) is 55.1 Å². The van der Waals surface area contributed by atoms with Gasteiger partial charge in [-0.3, -0.25) is 20.2 Å². The predicted molar refractivity (Wildman–Crippen MR) is 150 cm³/mol. The molecule has 0 saturated heterocycles. The van der Waals surface area contributed by atoms with E-state index in [1.807, 2.05) is 0 Å². The molecule has 0 saturated carbocycles. The number of hydrogen-bond donors (Lipinski definition) is 0. The van der Waals surface area contributed by atoms with Crippen molar-refractivity contribution in [1.29, 1.82) is 0 Å². The largest absolute Gasteiger partial charge is 0.269 e. The maximum absolute atomic E-state index is 14.4. The van der Waals surface area contributed by atoms with E-state index in [1.54, 1.807) is 0 Å². The van der Waals surface area contributed by atoms with E-state index in [9.17, 15) is 46.6 Å². The molecule has 0 aliphatic carbocycles. The van der Waals surface area contributed by atoms with Gasteiger partial charge >= 0.3 is 0 Å². The number of thioether (sulfide) groups is 1. The van der Waals surface area contributed by atoms with Crippen molar-refractivity contribution in [2.24, 2.45) is 0 Å². The van der Waals surface area contributed by atoms with Gasteiger partial charge in [-0.2, -0.15) is 0 Å². The zero-order valence-corrected chi connectivity index (χ0v) is 22.4. The predicted octanol–water partition coefficient (Wildman–Crippen LogP) is 9.28. The molecule has 2 unspecified atom stereocenters. The third kappa shape index (κ3) is 7.68. The lowest BCUT2D eigenvalue weighted by Gasteiger charge is -2.20. The Bertz CT molecular complexity index is 1560. The fourth-order valence-electron chi connectivity index (χ4n) is 3.99. The maximum atomic E-state index is 14.4. The van der Waals surface area contributed by atoms with Crippen LogP contribution < -0.4 is 0 Å². The number of nitrogens with zero attached hydrogens (tertiary/aromatic N) is 2. The molecule has 0 fully saturated rings. The number of rotatable bonds is 10. The van der Waals surface area contributed by atoms with Gasteiger partial charge in [-0.1, -0.05) is 48.6 Å². The molecule has 2 atom stereocenters. The van der Waals surface area contributed by atoms with Crippen LogP contribution in [-0.2, 0) is 0 Å². The molecule has 0 aliphatic heterocycles. The van der Waals surface area contributed by atoms with Crippen LogP contribution in [0.5, 0.6) is 0 Å². The van der Waals surface area contributed by atoms with Gasteiger partial charge in [0.25, 0.3) is 11.4 Å². The Morgan fingerprint density at radius 2 is 0.860 bits per heavy atom. The van der Waals surface area contributed by atoms with Gasteiger partial charge in [-0.25, -0.2) is 26.3 Å². The van der Waals surface area contributed by atoms with E-state index in [0.29, 0.717) is 35.4 Å². The fraction of sp³-hybridized carbons (Fsp3) is 0.0667. The minimum Gasteiger partial charge on any atom is -0.258 e. The van der Waals surface area contributed by atoms with Gasteiger partial charge in [0.2, 0.25) is 0 Å². The van der Waals surface area contributed by atoms with Crippen LogP contribution in [0.25, 0.3) is 12.2 Å². The molecule has 0 amide bonds. The van der Waals surface area contributed by atoms with Crippen molar-refractivity contribution in [2.75, 3.05) is 0 Å². The molecule has 220 valence electrons. The third-order valence-corrected chi connectivity index (χ3v) is 7.57. The molecule has 0 radical (unpaired) electrons. The summed E-state index contributed by atoms with van der Waals surface area (Å²) >= 11 is 1.04. The molecule has 6 nitrogen and oxygen atoms in total. The second kappa shape index (κ2) is 13.4. The van der Waals surface area contributed by atoms with Crippen LogP contribution in [0.3, 0.4) is 0 Å². The molecular weight excluding hydrogens is 598 g/mol. The van der Waals surface area contributed by atoms with Crippen LogP contribution in [0.4, 0.5) is 37.7 Å². The quantitative estimate of drug-likeness (QED) is 0.101. The lowest BCUT2D eigenvalue weighted by atomic mass is 10.1. The summed E-state index contributed by atoms with van der Waals surface area (Å²) in [7, 11) is 0. The number of halogens is 6. The highest BCUT2D eigenvalue weighted by Gasteiger charge is 2.21. The minimum atomic E-state index is -1.18. The standard InChI is InChI=1S/C30H18F6N2O4S/c31-19-13-25(33)23(26(34)14-19)9-11-29(17-1-5-21(6-2-17)37(39)40)43-30(18-3-7-22(8-4-18)38(41)42)12-10-24-27(35)15-20(32)16-28(24)36/h1-16,29-30H. The van der Waals surface area contributed by atoms with Crippen LogP contribution in [-0.4, -0.2) is 9.85 Å². The van der Waals surface area contributed by atoms with Crippen molar-refractivity contribution in [3.63, 3.8) is 0 Å². The highest BCUT2D eigenvalue weighted by Crippen LogP contribution is 2.44. The summed E-state index contributed by atoms with van der Waals surface area (Å²) < 4.78 is 84.3. The number of nitro groups is 2. The average Bonchev–Trinajstić information content (AvgIpc) is 2.94. The first-order valence-corrected chi connectivity index (χ1v) is 13.2. The van der Waals surface area contributed by atoms with Gasteiger partial charge in [-0.05, 0) is 11.1 Å². The second-order valence-electron chi connectivity index (χ2n) is 8.96. The SMILES string of the molecule is O=[N+]([O-])c1ccc(C(C=Cc2c(F)cc(F)cc2F)SC(C=Cc2c(F)cc(F)cc2F)c2ccc([N+](=O)[O-])cc2)cc1. The summed E-state index contributed by atoms with van der Waals surface area (Å²) in [6, 6.07) is 12.4. The van der Waals surface area contributed by atoms with Gasteiger partial charge in [-0.15, -0.1) is 11.8 Å². The summed E-state index contributed by atoms with van der Waals surface area (Å²) in [5.41, 5.74) is -0.774. The van der Waals surface area contributed by atoms with Gasteiger partial charge in [0.05, 0.1) is 9.85 Å². The Morgan fingerprint density at radius 3 is 1.14 bits per heavy atom. The fourth-order valence-corrected chi connectivity index (χ4v) is 5.27. The molecular formula is C30H18F6N2O4S. The molecule has 0 aliphatic rings.